The summed E-state index contributed by atoms with van der Waals surface area (Å²) >= 11 is 0. The van der Waals surface area contributed by atoms with Crippen LogP contribution in [0.3, 0.4) is 0 Å². The number of nitrogens with two attached hydrogens (primary N) is 1. The molecule has 0 amide bonds. The lowest BCUT2D eigenvalue weighted by Gasteiger charge is -2.16. The highest BCUT2D eigenvalue weighted by atomic mass is 31.1. The molecular weight excluding hydrogens is 501 g/mol. The minimum absolute atomic E-state index is 0.0617. The minimum Gasteiger partial charge on any atom is -0.462 e. The van der Waals surface area contributed by atoms with E-state index in [1.807, 2.05) is 0 Å². The van der Waals surface area contributed by atoms with Crippen LogP contribution in [0.5, 0.6) is 0 Å². The van der Waals surface area contributed by atoms with Crippen LogP contribution in [0.15, 0.2) is 0 Å². The molecule has 0 saturated carbocycles. The number of esters is 2. The Bertz CT molecular complexity index is 549. The highest BCUT2D eigenvalue weighted by Gasteiger charge is 2.17. The zero-order chi connectivity index (χ0) is 27.9. The summed E-state index contributed by atoms with van der Waals surface area (Å²) in [5.41, 5.74) is 5.50. The number of carbonyl (C=O) groups excluding carboxylic acids is 2. The number of hydrogen-bond donors (Lipinski definition) is 1. The number of carbonyl (C=O) groups is 2. The summed E-state index contributed by atoms with van der Waals surface area (Å²) in [4.78, 5) is 24.3. The van der Waals surface area contributed by atoms with E-state index in [0.29, 0.717) is 12.8 Å². The third-order valence-electron chi connectivity index (χ3n) is 6.86. The average molecular weight is 560 g/mol. The summed E-state index contributed by atoms with van der Waals surface area (Å²) in [6, 6.07) is 0. The van der Waals surface area contributed by atoms with Crippen molar-refractivity contribution < 1.29 is 28.2 Å². The Balaban J connectivity index is 3.79. The average Bonchev–Trinajstić information content (AvgIpc) is 2.91. The summed E-state index contributed by atoms with van der Waals surface area (Å²) in [6.45, 7) is 2.90. The number of rotatable bonds is 30. The topological polar surface area (TPSA) is 105 Å². The van der Waals surface area contributed by atoms with Gasteiger partial charge in [-0.25, -0.2) is 4.57 Å². The Kier molecular flexibility index (Phi) is 29.7. The van der Waals surface area contributed by atoms with Gasteiger partial charge in [-0.05, 0) is 25.8 Å². The third-order valence-corrected chi connectivity index (χ3v) is 7.12. The zero-order valence-corrected chi connectivity index (χ0v) is 25.3. The smallest absolute Gasteiger partial charge is 0.327 e. The van der Waals surface area contributed by atoms with Gasteiger partial charge in [-0.15, -0.1) is 0 Å². The van der Waals surface area contributed by atoms with E-state index in [2.05, 4.69) is 6.92 Å². The Morgan fingerprint density at radius 1 is 0.605 bits per heavy atom. The fourth-order valence-corrected chi connectivity index (χ4v) is 4.72. The molecule has 0 saturated heterocycles. The molecule has 0 spiro atoms. The summed E-state index contributed by atoms with van der Waals surface area (Å²) in [5.74, 6) is -0.624. The van der Waals surface area contributed by atoms with Gasteiger partial charge in [0.2, 0.25) is 0 Å². The van der Waals surface area contributed by atoms with Crippen LogP contribution in [0.2, 0.25) is 0 Å². The third kappa shape index (κ3) is 28.0. The molecule has 38 heavy (non-hydrogen) atoms. The molecule has 0 aromatic carbocycles. The second-order valence-corrected chi connectivity index (χ2v) is 10.9. The highest BCUT2D eigenvalue weighted by molar-refractivity contribution is 7.17. The molecule has 224 valence electrons. The molecule has 0 unspecified atom stereocenters. The molecule has 0 aliphatic rings. The van der Waals surface area contributed by atoms with Crippen molar-refractivity contribution in [2.75, 3.05) is 19.8 Å². The van der Waals surface area contributed by atoms with E-state index < -0.39 is 14.8 Å². The van der Waals surface area contributed by atoms with Gasteiger partial charge in [0, 0.05) is 12.8 Å². The van der Waals surface area contributed by atoms with E-state index in [-0.39, 0.29) is 25.2 Å². The van der Waals surface area contributed by atoms with Gasteiger partial charge in [0.1, 0.15) is 13.2 Å². The van der Waals surface area contributed by atoms with Crippen molar-refractivity contribution in [1.29, 1.82) is 0 Å². The maximum absolute atomic E-state index is 12.2. The summed E-state index contributed by atoms with van der Waals surface area (Å²) in [7, 11) is -0.486. The molecule has 0 aromatic rings. The first-order valence-electron chi connectivity index (χ1n) is 15.6. The van der Waals surface area contributed by atoms with Crippen LogP contribution in [-0.4, -0.2) is 37.8 Å². The number of hydrogen-bond acceptors (Lipinski definition) is 7. The van der Waals surface area contributed by atoms with Crippen LogP contribution in [0.1, 0.15) is 155 Å². The molecule has 0 heterocycles. The van der Waals surface area contributed by atoms with Gasteiger partial charge in [0.05, 0.1) is 0 Å². The molecule has 2 N–H and O–H groups in total. The van der Waals surface area contributed by atoms with Crippen LogP contribution in [0.4, 0.5) is 0 Å². The van der Waals surface area contributed by atoms with Crippen molar-refractivity contribution in [3.63, 3.8) is 0 Å². The molecular formula is C30H58NO6P. The second kappa shape index (κ2) is 30.5. The lowest BCUT2D eigenvalue weighted by molar-refractivity contribution is -0.160. The van der Waals surface area contributed by atoms with Gasteiger partial charge in [0.15, 0.2) is 6.10 Å². The first-order chi connectivity index (χ1) is 18.6. The Labute approximate surface area is 235 Å². The molecule has 0 fully saturated rings. The van der Waals surface area contributed by atoms with E-state index in [1.54, 1.807) is 0 Å². The van der Waals surface area contributed by atoms with E-state index in [4.69, 9.17) is 19.7 Å². The lowest BCUT2D eigenvalue weighted by atomic mass is 10.0. The van der Waals surface area contributed by atoms with Gasteiger partial charge in [-0.1, -0.05) is 122 Å². The Morgan fingerprint density at radius 2 is 1.03 bits per heavy atom. The molecule has 0 aromatic heterocycles. The summed E-state index contributed by atoms with van der Waals surface area (Å²) in [5, 5.41) is 0. The van der Waals surface area contributed by atoms with Crippen molar-refractivity contribution >= 4 is 20.6 Å². The summed E-state index contributed by atoms with van der Waals surface area (Å²) in [6.07, 6.45) is 25.0. The predicted octanol–water partition coefficient (Wildman–Crippen LogP) is 8.62. The van der Waals surface area contributed by atoms with Crippen molar-refractivity contribution in [2.24, 2.45) is 5.73 Å². The molecule has 7 nitrogen and oxygen atoms in total. The minimum atomic E-state index is -0.732. The van der Waals surface area contributed by atoms with Crippen LogP contribution in [0, 0.1) is 0 Å². The first kappa shape index (κ1) is 37.0. The first-order valence-corrected chi connectivity index (χ1v) is 16.4. The SMILES string of the molecule is CCCCCCCCCCCCCCC(=O)O[C@@H](COP=O)COC(=O)CCCCCCCCCCCN. The van der Waals surface area contributed by atoms with Gasteiger partial charge in [-0.3, -0.25) is 14.1 Å². The van der Waals surface area contributed by atoms with E-state index in [1.165, 1.54) is 89.9 Å². The van der Waals surface area contributed by atoms with Crippen LogP contribution < -0.4 is 5.73 Å². The quantitative estimate of drug-likeness (QED) is 0.0533. The van der Waals surface area contributed by atoms with E-state index in [0.717, 1.165) is 51.5 Å². The monoisotopic (exact) mass is 559 g/mol. The van der Waals surface area contributed by atoms with Gasteiger partial charge in [0.25, 0.3) is 0 Å². The zero-order valence-electron chi connectivity index (χ0n) is 24.4. The number of unbranched alkanes of at least 4 members (excludes halogenated alkanes) is 19. The predicted molar refractivity (Wildman–Crippen MR) is 155 cm³/mol. The maximum Gasteiger partial charge on any atom is 0.327 e. The fourth-order valence-electron chi connectivity index (χ4n) is 4.49. The van der Waals surface area contributed by atoms with Crippen LogP contribution in [0.25, 0.3) is 0 Å². The van der Waals surface area contributed by atoms with Crippen molar-refractivity contribution in [3.8, 4) is 0 Å². The van der Waals surface area contributed by atoms with Crippen molar-refractivity contribution in [1.82, 2.24) is 0 Å². The molecule has 8 heteroatoms. The molecule has 1 atom stereocenters. The Hall–Kier alpha value is -1.04. The molecule has 0 bridgehead atoms. The highest BCUT2D eigenvalue weighted by Crippen LogP contribution is 2.14. The molecule has 0 radical (unpaired) electrons. The number of ether oxygens (including phenoxy) is 2. The molecule has 0 rings (SSSR count). The van der Waals surface area contributed by atoms with Crippen molar-refractivity contribution in [3.05, 3.63) is 0 Å². The van der Waals surface area contributed by atoms with Gasteiger partial charge >= 0.3 is 20.6 Å². The fraction of sp³-hybridized carbons (Fsp3) is 0.933. The largest absolute Gasteiger partial charge is 0.462 e. The van der Waals surface area contributed by atoms with Gasteiger partial charge in [-0.2, -0.15) is 0 Å². The second-order valence-electron chi connectivity index (χ2n) is 10.5. The normalized spacial score (nSPS) is 12.1. The van der Waals surface area contributed by atoms with Crippen LogP contribution in [-0.2, 0) is 28.2 Å². The summed E-state index contributed by atoms with van der Waals surface area (Å²) < 4.78 is 26.2. The van der Waals surface area contributed by atoms with Gasteiger partial charge < -0.3 is 15.2 Å². The van der Waals surface area contributed by atoms with Crippen LogP contribution >= 0.6 is 8.69 Å². The standard InChI is InChI=1S/C30H58NO6P/c1-2-3-4-5-6-7-8-9-11-15-18-21-24-30(33)37-28(27-36-38-34)26-35-29(32)23-20-17-14-12-10-13-16-19-22-25-31/h28H,2-27,31H2,1H3/t28-/m1/s1. The Morgan fingerprint density at radius 3 is 1.47 bits per heavy atom. The van der Waals surface area contributed by atoms with Crippen molar-refractivity contribution in [2.45, 2.75) is 161 Å². The molecule has 0 aliphatic heterocycles. The lowest BCUT2D eigenvalue weighted by Crippen LogP contribution is -2.28. The maximum atomic E-state index is 12.2. The van der Waals surface area contributed by atoms with E-state index in [9.17, 15) is 14.2 Å². The van der Waals surface area contributed by atoms with E-state index >= 15 is 0 Å². The molecule has 0 aliphatic carbocycles.